The number of carbonyl (C=O) groups excluding carboxylic acids is 1. The second kappa shape index (κ2) is 8.34. The molecule has 158 valence electrons. The van der Waals surface area contributed by atoms with Crippen LogP contribution >= 0.6 is 0 Å². The molecule has 0 saturated heterocycles. The van der Waals surface area contributed by atoms with Crippen LogP contribution in [-0.4, -0.2) is 44.1 Å². The number of fused-ring (bicyclic) bond motifs is 1. The molecule has 0 aliphatic carbocycles. The molecule has 0 aliphatic rings. The van der Waals surface area contributed by atoms with E-state index in [1.807, 2.05) is 11.5 Å². The first-order valence-electron chi connectivity index (χ1n) is 9.56. The van der Waals surface area contributed by atoms with Crippen LogP contribution < -0.4 is 11.1 Å². The molecule has 4 aromatic rings. The van der Waals surface area contributed by atoms with Crippen molar-refractivity contribution in [2.24, 2.45) is 0 Å². The van der Waals surface area contributed by atoms with Crippen LogP contribution in [0.5, 0.6) is 0 Å². The van der Waals surface area contributed by atoms with Crippen molar-refractivity contribution in [3.63, 3.8) is 0 Å². The van der Waals surface area contributed by atoms with Gasteiger partial charge in [-0.1, -0.05) is 12.1 Å². The smallest absolute Gasteiger partial charge is 0.337 e. The van der Waals surface area contributed by atoms with Gasteiger partial charge in [-0.3, -0.25) is 4.98 Å². The molecular weight excluding hydrogens is 401 g/mol. The minimum Gasteiger partial charge on any atom is -0.465 e. The van der Waals surface area contributed by atoms with Crippen molar-refractivity contribution < 1.29 is 13.9 Å². The van der Waals surface area contributed by atoms with E-state index in [0.29, 0.717) is 47.2 Å². The second-order valence-corrected chi connectivity index (χ2v) is 6.74. The Morgan fingerprint density at radius 3 is 2.65 bits per heavy atom. The Labute approximate surface area is 177 Å². The number of nitrogen functional groups attached to an aromatic ring is 1. The van der Waals surface area contributed by atoms with Crippen LogP contribution in [0.2, 0.25) is 0 Å². The summed E-state index contributed by atoms with van der Waals surface area (Å²) in [6, 6.07) is 8.32. The minimum absolute atomic E-state index is 0.214. The third kappa shape index (κ3) is 4.00. The molecule has 31 heavy (non-hydrogen) atoms. The summed E-state index contributed by atoms with van der Waals surface area (Å²) >= 11 is 0. The number of imidazole rings is 1. The van der Waals surface area contributed by atoms with Gasteiger partial charge in [0.1, 0.15) is 11.6 Å². The fourth-order valence-corrected chi connectivity index (χ4v) is 3.21. The van der Waals surface area contributed by atoms with Crippen LogP contribution in [0.4, 0.5) is 16.2 Å². The Kier molecular flexibility index (Phi) is 5.44. The van der Waals surface area contributed by atoms with Gasteiger partial charge in [0.15, 0.2) is 17.0 Å². The molecule has 0 amide bonds. The number of hydrogen-bond donors (Lipinski definition) is 2. The number of ether oxygens (including phenoxy) is 1. The van der Waals surface area contributed by atoms with E-state index in [-0.39, 0.29) is 5.82 Å². The number of halogens is 1. The molecule has 0 aliphatic heterocycles. The summed E-state index contributed by atoms with van der Waals surface area (Å²) in [5.41, 5.74) is 8.84. The van der Waals surface area contributed by atoms with Crippen molar-refractivity contribution in [3.8, 4) is 11.4 Å². The van der Waals surface area contributed by atoms with Gasteiger partial charge >= 0.3 is 5.97 Å². The van der Waals surface area contributed by atoms with Gasteiger partial charge in [-0.2, -0.15) is 9.97 Å². The number of carbonyl (C=O) groups is 1. The van der Waals surface area contributed by atoms with E-state index in [9.17, 15) is 9.18 Å². The molecule has 0 unspecified atom stereocenters. The van der Waals surface area contributed by atoms with Crippen molar-refractivity contribution in [2.45, 2.75) is 13.5 Å². The molecule has 0 radical (unpaired) electrons. The number of hydrogen-bond acceptors (Lipinski definition) is 8. The SMILES string of the molecule is CCNc1nc(N)c2nc(-c3cncc(F)c3)n(Cc3ccc(C(=O)OC)cc3)c2n1. The Hall–Kier alpha value is -4.08. The summed E-state index contributed by atoms with van der Waals surface area (Å²) in [7, 11) is 1.33. The Bertz CT molecular complexity index is 1250. The van der Waals surface area contributed by atoms with Crippen LogP contribution in [0.25, 0.3) is 22.6 Å². The van der Waals surface area contributed by atoms with Crippen molar-refractivity contribution in [1.29, 1.82) is 0 Å². The molecule has 10 heteroatoms. The Morgan fingerprint density at radius 1 is 1.19 bits per heavy atom. The van der Waals surface area contributed by atoms with Gasteiger partial charge in [0.25, 0.3) is 0 Å². The van der Waals surface area contributed by atoms with E-state index in [0.717, 1.165) is 11.8 Å². The topological polar surface area (TPSA) is 121 Å². The van der Waals surface area contributed by atoms with Crippen LogP contribution in [0.3, 0.4) is 0 Å². The van der Waals surface area contributed by atoms with E-state index in [2.05, 4.69) is 25.3 Å². The van der Waals surface area contributed by atoms with Crippen LogP contribution in [0.15, 0.2) is 42.7 Å². The lowest BCUT2D eigenvalue weighted by atomic mass is 10.1. The number of anilines is 2. The van der Waals surface area contributed by atoms with Crippen molar-refractivity contribution >= 4 is 28.9 Å². The zero-order valence-corrected chi connectivity index (χ0v) is 17.0. The molecule has 0 saturated carbocycles. The number of pyridine rings is 1. The molecule has 0 bridgehead atoms. The van der Waals surface area contributed by atoms with E-state index in [1.165, 1.54) is 19.4 Å². The third-order valence-electron chi connectivity index (χ3n) is 4.64. The van der Waals surface area contributed by atoms with E-state index >= 15 is 0 Å². The van der Waals surface area contributed by atoms with Gasteiger partial charge in [0.2, 0.25) is 5.95 Å². The first kappa shape index (κ1) is 20.2. The lowest BCUT2D eigenvalue weighted by Gasteiger charge is -2.10. The number of rotatable bonds is 6. The number of aromatic nitrogens is 5. The number of benzene rings is 1. The maximum Gasteiger partial charge on any atom is 0.337 e. The second-order valence-electron chi connectivity index (χ2n) is 6.74. The number of esters is 1. The number of nitrogens with zero attached hydrogens (tertiary/aromatic N) is 5. The van der Waals surface area contributed by atoms with Gasteiger partial charge in [-0.05, 0) is 30.7 Å². The van der Waals surface area contributed by atoms with Crippen molar-refractivity contribution in [2.75, 3.05) is 24.7 Å². The molecule has 0 atom stereocenters. The van der Waals surface area contributed by atoms with Crippen molar-refractivity contribution in [1.82, 2.24) is 24.5 Å². The monoisotopic (exact) mass is 421 g/mol. The zero-order chi connectivity index (χ0) is 22.0. The highest BCUT2D eigenvalue weighted by atomic mass is 19.1. The van der Waals surface area contributed by atoms with Gasteiger partial charge in [0, 0.05) is 18.3 Å². The van der Waals surface area contributed by atoms with Gasteiger partial charge in [-0.15, -0.1) is 0 Å². The summed E-state index contributed by atoms with van der Waals surface area (Å²) < 4.78 is 20.4. The average molecular weight is 421 g/mol. The predicted octanol–water partition coefficient (Wildman–Crippen LogP) is 2.88. The largest absolute Gasteiger partial charge is 0.465 e. The summed E-state index contributed by atoms with van der Waals surface area (Å²) in [6.45, 7) is 2.90. The maximum atomic E-state index is 13.9. The standard InChI is InChI=1S/C21H20FN7O2/c1-3-25-21-27-17(23)16-19(28-21)29(18(26-16)14-8-15(22)10-24-9-14)11-12-4-6-13(7-5-12)20(30)31-2/h4-10H,3,11H2,1-2H3,(H3,23,25,27,28). The molecule has 3 heterocycles. The Morgan fingerprint density at radius 2 is 1.97 bits per heavy atom. The average Bonchev–Trinajstić information content (AvgIpc) is 3.13. The highest BCUT2D eigenvalue weighted by molar-refractivity contribution is 5.89. The highest BCUT2D eigenvalue weighted by Crippen LogP contribution is 2.28. The lowest BCUT2D eigenvalue weighted by Crippen LogP contribution is -2.08. The Balaban J connectivity index is 1.86. The normalized spacial score (nSPS) is 10.9. The molecular formula is C21H20FN7O2. The molecule has 9 nitrogen and oxygen atoms in total. The molecule has 4 rings (SSSR count). The minimum atomic E-state index is -0.481. The van der Waals surface area contributed by atoms with E-state index in [1.54, 1.807) is 24.3 Å². The first-order valence-corrected chi connectivity index (χ1v) is 9.56. The third-order valence-corrected chi connectivity index (χ3v) is 4.64. The fourth-order valence-electron chi connectivity index (χ4n) is 3.21. The van der Waals surface area contributed by atoms with E-state index in [4.69, 9.17) is 10.5 Å². The fraction of sp³-hybridized carbons (Fsp3) is 0.190. The predicted molar refractivity (Wildman–Crippen MR) is 114 cm³/mol. The first-order chi connectivity index (χ1) is 15.0. The summed E-state index contributed by atoms with van der Waals surface area (Å²) in [4.78, 5) is 29.0. The number of methoxy groups -OCH3 is 1. The van der Waals surface area contributed by atoms with Crippen LogP contribution in [0, 0.1) is 5.82 Å². The number of nitrogens with two attached hydrogens (primary N) is 1. The summed E-state index contributed by atoms with van der Waals surface area (Å²) in [5.74, 6) is 0.145. The molecule has 0 fully saturated rings. The molecule has 3 aromatic heterocycles. The van der Waals surface area contributed by atoms with Crippen LogP contribution in [0.1, 0.15) is 22.8 Å². The lowest BCUT2D eigenvalue weighted by molar-refractivity contribution is 0.0600. The highest BCUT2D eigenvalue weighted by Gasteiger charge is 2.19. The molecule has 3 N–H and O–H groups in total. The zero-order valence-electron chi connectivity index (χ0n) is 17.0. The summed E-state index contributed by atoms with van der Waals surface area (Å²) in [6.07, 6.45) is 2.65. The van der Waals surface area contributed by atoms with Gasteiger partial charge in [0.05, 0.1) is 25.4 Å². The number of nitrogens with one attached hydrogen (secondary N) is 1. The van der Waals surface area contributed by atoms with Crippen LogP contribution in [-0.2, 0) is 11.3 Å². The van der Waals surface area contributed by atoms with Crippen molar-refractivity contribution in [3.05, 3.63) is 59.7 Å². The van der Waals surface area contributed by atoms with E-state index < -0.39 is 11.8 Å². The molecule has 1 aromatic carbocycles. The maximum absolute atomic E-state index is 13.9. The van der Waals surface area contributed by atoms with Gasteiger partial charge in [-0.25, -0.2) is 14.2 Å². The quantitative estimate of drug-likeness (QED) is 0.456. The van der Waals surface area contributed by atoms with Gasteiger partial charge < -0.3 is 20.4 Å². The summed E-state index contributed by atoms with van der Waals surface area (Å²) in [5, 5.41) is 3.05. The molecule has 0 spiro atoms.